The summed E-state index contributed by atoms with van der Waals surface area (Å²) in [6, 6.07) is 17.0. The van der Waals surface area contributed by atoms with Gasteiger partial charge in [-0.15, -0.1) is 0 Å². The van der Waals surface area contributed by atoms with Crippen molar-refractivity contribution in [1.29, 1.82) is 0 Å². The van der Waals surface area contributed by atoms with Gasteiger partial charge in [-0.3, -0.25) is 4.79 Å². The van der Waals surface area contributed by atoms with Crippen molar-refractivity contribution in [3.05, 3.63) is 76.1 Å². The van der Waals surface area contributed by atoms with Crippen LogP contribution in [0.15, 0.2) is 64.0 Å². The third-order valence-electron chi connectivity index (χ3n) is 6.84. The molecule has 1 aliphatic rings. The minimum atomic E-state index is 0.0619. The number of pyridine rings is 1. The molecule has 0 spiro atoms. The second kappa shape index (κ2) is 9.47. The van der Waals surface area contributed by atoms with Crippen molar-refractivity contribution in [2.45, 2.75) is 51.2 Å². The van der Waals surface area contributed by atoms with E-state index in [4.69, 9.17) is 9.40 Å². The second-order valence-electron chi connectivity index (χ2n) is 9.60. The Morgan fingerprint density at radius 1 is 1.00 bits per heavy atom. The molecule has 0 aliphatic heterocycles. The van der Waals surface area contributed by atoms with Crippen LogP contribution in [0.4, 0.5) is 11.5 Å². The molecule has 0 saturated heterocycles. The molecule has 6 heteroatoms. The van der Waals surface area contributed by atoms with Gasteiger partial charge in [0.2, 0.25) is 0 Å². The summed E-state index contributed by atoms with van der Waals surface area (Å²) < 4.78 is 5.70. The lowest BCUT2D eigenvalue weighted by atomic mass is 9.91. The van der Waals surface area contributed by atoms with E-state index in [1.165, 1.54) is 11.1 Å². The van der Waals surface area contributed by atoms with Gasteiger partial charge in [-0.05, 0) is 50.8 Å². The number of aryl methyl sites for hydroxylation is 1. The van der Waals surface area contributed by atoms with Crippen LogP contribution in [0.3, 0.4) is 0 Å². The highest BCUT2D eigenvalue weighted by Crippen LogP contribution is 2.29. The van der Waals surface area contributed by atoms with Gasteiger partial charge in [0.1, 0.15) is 11.4 Å². The molecule has 34 heavy (non-hydrogen) atoms. The zero-order valence-corrected chi connectivity index (χ0v) is 20.1. The van der Waals surface area contributed by atoms with Crippen LogP contribution in [0.2, 0.25) is 0 Å². The first kappa shape index (κ1) is 22.4. The number of nitrogens with zero attached hydrogens (tertiary/aromatic N) is 2. The maximum absolute atomic E-state index is 12.9. The van der Waals surface area contributed by atoms with E-state index in [0.717, 1.165) is 42.6 Å². The fraction of sp³-hybridized carbons (Fsp3) is 0.357. The van der Waals surface area contributed by atoms with Crippen molar-refractivity contribution in [3.63, 3.8) is 0 Å². The van der Waals surface area contributed by atoms with Crippen molar-refractivity contribution in [3.8, 4) is 0 Å². The highest BCUT2D eigenvalue weighted by Gasteiger charge is 2.22. The Kier molecular flexibility index (Phi) is 6.24. The molecule has 176 valence electrons. The Labute approximate surface area is 200 Å². The summed E-state index contributed by atoms with van der Waals surface area (Å²) >= 11 is 0. The third-order valence-corrected chi connectivity index (χ3v) is 6.84. The van der Waals surface area contributed by atoms with E-state index in [1.807, 2.05) is 31.2 Å². The lowest BCUT2D eigenvalue weighted by Crippen LogP contribution is -2.37. The Balaban J connectivity index is 1.20. The summed E-state index contributed by atoms with van der Waals surface area (Å²) in [6.45, 7) is 2.53. The Bertz CT molecular complexity index is 1370. The Hall–Kier alpha value is -3.38. The Morgan fingerprint density at radius 2 is 1.76 bits per heavy atom. The third kappa shape index (κ3) is 4.64. The van der Waals surface area contributed by atoms with E-state index < -0.39 is 0 Å². The van der Waals surface area contributed by atoms with Crippen LogP contribution < -0.4 is 21.0 Å². The lowest BCUT2D eigenvalue weighted by molar-refractivity contribution is 0.351. The number of anilines is 2. The topological polar surface area (TPSA) is 70.4 Å². The van der Waals surface area contributed by atoms with Crippen LogP contribution in [0, 0.1) is 6.92 Å². The van der Waals surface area contributed by atoms with Crippen LogP contribution in [0.5, 0.6) is 0 Å². The number of para-hydroxylation sites is 1. The molecular weight excluding hydrogens is 424 g/mol. The number of fused-ring (bicyclic) bond motifs is 2. The van der Waals surface area contributed by atoms with Crippen molar-refractivity contribution in [1.82, 2.24) is 10.3 Å². The predicted octanol–water partition coefficient (Wildman–Crippen LogP) is 5.23. The molecule has 0 amide bonds. The molecule has 2 aromatic carbocycles. The fourth-order valence-electron chi connectivity index (χ4n) is 4.91. The summed E-state index contributed by atoms with van der Waals surface area (Å²) in [5.74, 6) is 0.933. The van der Waals surface area contributed by atoms with Gasteiger partial charge in [0.25, 0.3) is 0 Å². The second-order valence-corrected chi connectivity index (χ2v) is 9.60. The summed E-state index contributed by atoms with van der Waals surface area (Å²) in [4.78, 5) is 19.8. The minimum Gasteiger partial charge on any atom is -0.464 e. The smallest absolute Gasteiger partial charge is 0.197 e. The number of hydrogen-bond donors (Lipinski definition) is 2. The van der Waals surface area contributed by atoms with Crippen LogP contribution in [-0.2, 0) is 6.54 Å². The number of nitrogens with one attached hydrogen (secondary N) is 2. The number of aromatic nitrogens is 1. The molecule has 0 atom stereocenters. The van der Waals surface area contributed by atoms with Crippen molar-refractivity contribution in [2.75, 3.05) is 24.3 Å². The standard InChI is InChI=1S/C28H32N4O2/c1-18-8-13-26-23(14-18)28(33)19(17-34-26)16-29-20-9-11-21(12-10-20)30-27-15-25(32(2)3)22-6-4-5-7-24(22)31-27/h4-8,13-15,17,20-21,29H,9-12,16H2,1-3H3,(H,30,31). The molecule has 6 nitrogen and oxygen atoms in total. The van der Waals surface area contributed by atoms with Gasteiger partial charge in [-0.2, -0.15) is 0 Å². The average Bonchev–Trinajstić information content (AvgIpc) is 2.84. The van der Waals surface area contributed by atoms with Crippen LogP contribution >= 0.6 is 0 Å². The molecule has 2 heterocycles. The maximum atomic E-state index is 12.9. The van der Waals surface area contributed by atoms with Gasteiger partial charge in [0.15, 0.2) is 5.43 Å². The zero-order valence-electron chi connectivity index (χ0n) is 20.1. The van der Waals surface area contributed by atoms with Gasteiger partial charge in [0, 0.05) is 55.4 Å². The molecule has 0 unspecified atom stereocenters. The molecule has 1 aliphatic carbocycles. The van der Waals surface area contributed by atoms with Crippen molar-refractivity contribution in [2.24, 2.45) is 0 Å². The summed E-state index contributed by atoms with van der Waals surface area (Å²) in [5, 5.41) is 9.07. The van der Waals surface area contributed by atoms with E-state index in [-0.39, 0.29) is 5.43 Å². The minimum absolute atomic E-state index is 0.0619. The van der Waals surface area contributed by atoms with Gasteiger partial charge in [0.05, 0.1) is 17.2 Å². The molecule has 2 N–H and O–H groups in total. The zero-order chi connectivity index (χ0) is 23.7. The fourth-order valence-corrected chi connectivity index (χ4v) is 4.91. The first-order chi connectivity index (χ1) is 16.5. The SMILES string of the molecule is Cc1ccc2occ(CNC3CCC(Nc4cc(N(C)C)c5ccccc5n4)CC3)c(=O)c2c1. The molecular formula is C28H32N4O2. The molecule has 1 fully saturated rings. The molecule has 4 aromatic rings. The van der Waals surface area contributed by atoms with Crippen LogP contribution in [0.25, 0.3) is 21.9 Å². The van der Waals surface area contributed by atoms with E-state index in [2.05, 4.69) is 53.9 Å². The molecule has 0 bridgehead atoms. The van der Waals surface area contributed by atoms with E-state index in [9.17, 15) is 4.79 Å². The molecule has 0 radical (unpaired) electrons. The van der Waals surface area contributed by atoms with Crippen LogP contribution in [-0.4, -0.2) is 31.2 Å². The lowest BCUT2D eigenvalue weighted by Gasteiger charge is -2.30. The highest BCUT2D eigenvalue weighted by atomic mass is 16.3. The van der Waals surface area contributed by atoms with Gasteiger partial charge in [-0.1, -0.05) is 29.8 Å². The van der Waals surface area contributed by atoms with Crippen molar-refractivity contribution >= 4 is 33.4 Å². The quantitative estimate of drug-likeness (QED) is 0.414. The first-order valence-corrected chi connectivity index (χ1v) is 12.1. The number of benzene rings is 2. The Morgan fingerprint density at radius 3 is 2.56 bits per heavy atom. The van der Waals surface area contributed by atoms with Gasteiger partial charge in [-0.25, -0.2) is 4.98 Å². The summed E-state index contributed by atoms with van der Waals surface area (Å²) in [7, 11) is 4.14. The van der Waals surface area contributed by atoms with E-state index in [0.29, 0.717) is 35.2 Å². The first-order valence-electron chi connectivity index (χ1n) is 12.1. The molecule has 5 rings (SSSR count). The predicted molar refractivity (Wildman–Crippen MR) is 140 cm³/mol. The molecule has 2 aromatic heterocycles. The molecule has 1 saturated carbocycles. The summed E-state index contributed by atoms with van der Waals surface area (Å²) in [6.07, 6.45) is 5.85. The van der Waals surface area contributed by atoms with E-state index >= 15 is 0 Å². The number of rotatable bonds is 6. The number of hydrogen-bond acceptors (Lipinski definition) is 6. The van der Waals surface area contributed by atoms with Crippen molar-refractivity contribution < 1.29 is 4.42 Å². The van der Waals surface area contributed by atoms with E-state index in [1.54, 1.807) is 6.26 Å². The normalized spacial score (nSPS) is 18.3. The van der Waals surface area contributed by atoms with Gasteiger partial charge >= 0.3 is 0 Å². The largest absolute Gasteiger partial charge is 0.464 e. The maximum Gasteiger partial charge on any atom is 0.197 e. The summed E-state index contributed by atoms with van der Waals surface area (Å²) in [5.41, 5.74) is 4.64. The van der Waals surface area contributed by atoms with Gasteiger partial charge < -0.3 is 20.0 Å². The monoisotopic (exact) mass is 456 g/mol. The van der Waals surface area contributed by atoms with Crippen LogP contribution in [0.1, 0.15) is 36.8 Å². The highest BCUT2D eigenvalue weighted by molar-refractivity contribution is 5.93. The average molecular weight is 457 g/mol.